The Hall–Kier alpha value is -1.19. The van der Waals surface area contributed by atoms with Crippen LogP contribution in [0, 0.1) is 0 Å². The fourth-order valence-electron chi connectivity index (χ4n) is 0.364. The summed E-state index contributed by atoms with van der Waals surface area (Å²) >= 11 is 0. The number of amides is 1. The molecule has 4 nitrogen and oxygen atoms in total. The summed E-state index contributed by atoms with van der Waals surface area (Å²) in [5.41, 5.74) is 0. The van der Waals surface area contributed by atoms with Gasteiger partial charge >= 0.3 is 0 Å². The van der Waals surface area contributed by atoms with E-state index in [-0.39, 0.29) is 11.8 Å². The van der Waals surface area contributed by atoms with E-state index in [0.717, 1.165) is 6.08 Å². The second-order valence-electron chi connectivity index (χ2n) is 2.61. The Morgan fingerprint density at radius 1 is 1.18 bits per heavy atom. The highest BCUT2D eigenvalue weighted by Crippen LogP contribution is 1.89. The minimum atomic E-state index is -0.288. The van der Waals surface area contributed by atoms with Crippen molar-refractivity contribution in [2.24, 2.45) is 0 Å². The van der Waals surface area contributed by atoms with Gasteiger partial charge in [-0.15, -0.1) is 0 Å². The summed E-state index contributed by atoms with van der Waals surface area (Å²) in [4.78, 5) is 13.6. The SMILES string of the molecule is CN(C)C(=O)/C=C(\[O-])N(C)C. The molecule has 0 saturated heterocycles. The van der Waals surface area contributed by atoms with E-state index in [2.05, 4.69) is 0 Å². The van der Waals surface area contributed by atoms with Crippen molar-refractivity contribution in [3.63, 3.8) is 0 Å². The van der Waals surface area contributed by atoms with Crippen LogP contribution in [-0.4, -0.2) is 43.9 Å². The Kier molecular flexibility index (Phi) is 3.44. The molecule has 0 fully saturated rings. The molecule has 0 heterocycles. The van der Waals surface area contributed by atoms with Crippen LogP contribution in [0.5, 0.6) is 0 Å². The Morgan fingerprint density at radius 2 is 1.64 bits per heavy atom. The number of carbonyl (C=O) groups excluding carboxylic acids is 1. The normalized spacial score (nSPS) is 11.1. The third kappa shape index (κ3) is 3.50. The lowest BCUT2D eigenvalue weighted by atomic mass is 10.5. The van der Waals surface area contributed by atoms with Gasteiger partial charge in [-0.1, -0.05) is 0 Å². The van der Waals surface area contributed by atoms with Crippen LogP contribution >= 0.6 is 0 Å². The monoisotopic (exact) mass is 157 g/mol. The van der Waals surface area contributed by atoms with Gasteiger partial charge in [0.25, 0.3) is 0 Å². The molecular weight excluding hydrogens is 144 g/mol. The predicted octanol–water partition coefficient (Wildman–Crippen LogP) is -1.16. The highest BCUT2D eigenvalue weighted by molar-refractivity contribution is 5.87. The molecule has 0 saturated carbocycles. The van der Waals surface area contributed by atoms with Crippen molar-refractivity contribution in [3.8, 4) is 0 Å². The standard InChI is InChI=1S/C7H14N2O2/c1-8(2)6(10)5-7(11)9(3)4/h5,10H,1-4H3/p-1/b6-5-. The Bertz CT molecular complexity index is 173. The average molecular weight is 157 g/mol. The maximum Gasteiger partial charge on any atom is 0.246 e. The molecule has 4 heteroatoms. The largest absolute Gasteiger partial charge is 0.860 e. The first kappa shape index (κ1) is 9.81. The Labute approximate surface area is 66.7 Å². The number of hydrogen-bond acceptors (Lipinski definition) is 3. The van der Waals surface area contributed by atoms with Crippen LogP contribution in [0.1, 0.15) is 0 Å². The summed E-state index contributed by atoms with van der Waals surface area (Å²) < 4.78 is 0. The first-order valence-electron chi connectivity index (χ1n) is 3.22. The molecule has 0 spiro atoms. The molecule has 0 N–H and O–H groups in total. The van der Waals surface area contributed by atoms with E-state index >= 15 is 0 Å². The van der Waals surface area contributed by atoms with E-state index in [1.165, 1.54) is 9.80 Å². The number of hydrogen-bond donors (Lipinski definition) is 0. The molecular formula is C7H13N2O2-. The molecule has 0 bridgehead atoms. The lowest BCUT2D eigenvalue weighted by Crippen LogP contribution is -2.27. The van der Waals surface area contributed by atoms with Crippen molar-refractivity contribution in [3.05, 3.63) is 12.0 Å². The number of rotatable bonds is 2. The molecule has 0 aromatic rings. The summed E-state index contributed by atoms with van der Waals surface area (Å²) in [5, 5.41) is 10.9. The molecule has 0 aliphatic rings. The zero-order valence-electron chi connectivity index (χ0n) is 7.29. The maximum absolute atomic E-state index is 10.9. The van der Waals surface area contributed by atoms with Gasteiger partial charge in [0.05, 0.1) is 0 Å². The molecule has 0 aromatic carbocycles. The second kappa shape index (κ2) is 3.85. The van der Waals surface area contributed by atoms with E-state index in [4.69, 9.17) is 0 Å². The van der Waals surface area contributed by atoms with E-state index in [1.54, 1.807) is 28.2 Å². The van der Waals surface area contributed by atoms with Gasteiger partial charge in [0.2, 0.25) is 5.91 Å². The number of nitrogens with zero attached hydrogens (tertiary/aromatic N) is 2. The van der Waals surface area contributed by atoms with E-state index in [1.807, 2.05) is 0 Å². The third-order valence-corrected chi connectivity index (χ3v) is 1.13. The second-order valence-corrected chi connectivity index (χ2v) is 2.61. The topological polar surface area (TPSA) is 46.6 Å². The molecule has 11 heavy (non-hydrogen) atoms. The van der Waals surface area contributed by atoms with Crippen LogP contribution in [0.2, 0.25) is 0 Å². The first-order valence-corrected chi connectivity index (χ1v) is 3.22. The van der Waals surface area contributed by atoms with E-state index in [0.29, 0.717) is 0 Å². The maximum atomic E-state index is 10.9. The van der Waals surface area contributed by atoms with E-state index in [9.17, 15) is 9.90 Å². The quantitative estimate of drug-likeness (QED) is 0.375. The van der Waals surface area contributed by atoms with Crippen LogP contribution in [0.15, 0.2) is 12.0 Å². The number of likely N-dealkylation sites (N-methyl/N-ethyl adjacent to an activating group) is 1. The Balaban J connectivity index is 4.20. The van der Waals surface area contributed by atoms with Crippen molar-refractivity contribution in [1.29, 1.82) is 0 Å². The van der Waals surface area contributed by atoms with Gasteiger partial charge in [-0.25, -0.2) is 0 Å². The van der Waals surface area contributed by atoms with Gasteiger partial charge in [0.15, 0.2) is 0 Å². The fourth-order valence-corrected chi connectivity index (χ4v) is 0.364. The van der Waals surface area contributed by atoms with Gasteiger partial charge in [-0.3, -0.25) is 4.79 Å². The molecule has 0 aliphatic heterocycles. The van der Waals surface area contributed by atoms with Crippen LogP contribution in [0.4, 0.5) is 0 Å². The van der Waals surface area contributed by atoms with Crippen molar-refractivity contribution in [2.75, 3.05) is 28.2 Å². The number of carbonyl (C=O) groups is 1. The molecule has 64 valence electrons. The average Bonchev–Trinajstić information content (AvgIpc) is 1.87. The molecule has 0 aliphatic carbocycles. The third-order valence-electron chi connectivity index (χ3n) is 1.13. The van der Waals surface area contributed by atoms with Crippen molar-refractivity contribution in [2.45, 2.75) is 0 Å². The van der Waals surface area contributed by atoms with Crippen LogP contribution in [-0.2, 0) is 4.79 Å². The first-order chi connectivity index (χ1) is 4.95. The Morgan fingerprint density at radius 3 is 1.91 bits per heavy atom. The minimum Gasteiger partial charge on any atom is -0.860 e. The highest BCUT2D eigenvalue weighted by atomic mass is 16.3. The lowest BCUT2D eigenvalue weighted by molar-refractivity contribution is -0.328. The summed E-state index contributed by atoms with van der Waals surface area (Å²) in [6, 6.07) is 0. The van der Waals surface area contributed by atoms with Crippen molar-refractivity contribution < 1.29 is 9.90 Å². The molecule has 0 radical (unpaired) electrons. The van der Waals surface area contributed by atoms with Gasteiger partial charge in [0, 0.05) is 34.3 Å². The summed E-state index contributed by atoms with van der Waals surface area (Å²) in [7, 11) is 6.40. The molecule has 0 unspecified atom stereocenters. The summed E-state index contributed by atoms with van der Waals surface area (Å²) in [6.07, 6.45) is 1.06. The van der Waals surface area contributed by atoms with Gasteiger partial charge in [-0.2, -0.15) is 0 Å². The van der Waals surface area contributed by atoms with Crippen LogP contribution in [0.25, 0.3) is 0 Å². The van der Waals surface area contributed by atoms with Gasteiger partial charge in [0.1, 0.15) is 0 Å². The van der Waals surface area contributed by atoms with Gasteiger partial charge < -0.3 is 14.9 Å². The predicted molar refractivity (Wildman–Crippen MR) is 40.5 cm³/mol. The van der Waals surface area contributed by atoms with Crippen molar-refractivity contribution >= 4 is 5.91 Å². The van der Waals surface area contributed by atoms with Crippen LogP contribution in [0.3, 0.4) is 0 Å². The van der Waals surface area contributed by atoms with Crippen molar-refractivity contribution in [1.82, 2.24) is 9.80 Å². The zero-order valence-corrected chi connectivity index (χ0v) is 7.29. The smallest absolute Gasteiger partial charge is 0.246 e. The van der Waals surface area contributed by atoms with Gasteiger partial charge in [-0.05, 0) is 5.88 Å². The summed E-state index contributed by atoms with van der Waals surface area (Å²) in [5.74, 6) is -0.576. The molecule has 0 rings (SSSR count). The highest BCUT2D eigenvalue weighted by Gasteiger charge is 1.97. The molecule has 0 atom stereocenters. The fraction of sp³-hybridized carbons (Fsp3) is 0.571. The van der Waals surface area contributed by atoms with Crippen LogP contribution < -0.4 is 5.11 Å². The minimum absolute atomic E-state index is 0.288. The zero-order chi connectivity index (χ0) is 9.02. The lowest BCUT2D eigenvalue weighted by Gasteiger charge is -2.22. The molecule has 1 amide bonds. The molecule has 0 aromatic heterocycles. The summed E-state index contributed by atoms with van der Waals surface area (Å²) in [6.45, 7) is 0. The van der Waals surface area contributed by atoms with E-state index < -0.39 is 0 Å².